The summed E-state index contributed by atoms with van der Waals surface area (Å²) in [4.78, 5) is 0. The molecule has 0 radical (unpaired) electrons. The van der Waals surface area contributed by atoms with Gasteiger partial charge in [0.05, 0.1) is 4.47 Å². The van der Waals surface area contributed by atoms with Crippen molar-refractivity contribution in [2.24, 2.45) is 0 Å². The first-order chi connectivity index (χ1) is 9.92. The van der Waals surface area contributed by atoms with Gasteiger partial charge < -0.3 is 14.8 Å². The Morgan fingerprint density at radius 2 is 2.00 bits per heavy atom. The third-order valence-electron chi connectivity index (χ3n) is 2.54. The van der Waals surface area contributed by atoms with Gasteiger partial charge in [-0.1, -0.05) is 13.0 Å². The van der Waals surface area contributed by atoms with E-state index in [1.54, 1.807) is 12.1 Å². The van der Waals surface area contributed by atoms with E-state index in [2.05, 4.69) is 32.9 Å². The van der Waals surface area contributed by atoms with Crippen LogP contribution in [-0.2, 0) is 11.3 Å². The van der Waals surface area contributed by atoms with Crippen molar-refractivity contribution in [1.82, 2.24) is 5.32 Å². The average Bonchev–Trinajstić information content (AvgIpc) is 2.39. The number of ether oxygens (including phenoxy) is 2. The Morgan fingerprint density at radius 1 is 1.24 bits per heavy atom. The molecule has 1 N–H and O–H groups in total. The molecule has 0 fully saturated rings. The summed E-state index contributed by atoms with van der Waals surface area (Å²) in [5, 5.41) is 3.21. The van der Waals surface area contributed by atoms with Gasteiger partial charge in [-0.25, -0.2) is 0 Å². The number of halogens is 4. The Labute approximate surface area is 130 Å². The molecule has 1 aromatic rings. The van der Waals surface area contributed by atoms with Crippen LogP contribution in [0.4, 0.5) is 13.2 Å². The zero-order valence-electron chi connectivity index (χ0n) is 11.8. The minimum Gasteiger partial charge on any atom is -0.405 e. The Hall–Kier alpha value is -0.790. The molecule has 0 saturated carbocycles. The van der Waals surface area contributed by atoms with Gasteiger partial charge in [0, 0.05) is 19.8 Å². The van der Waals surface area contributed by atoms with E-state index in [9.17, 15) is 13.2 Å². The van der Waals surface area contributed by atoms with Gasteiger partial charge in [-0.05, 0) is 53.0 Å². The van der Waals surface area contributed by atoms with Crippen LogP contribution >= 0.6 is 15.9 Å². The molecule has 0 unspecified atom stereocenters. The topological polar surface area (TPSA) is 30.5 Å². The molecule has 120 valence electrons. The van der Waals surface area contributed by atoms with E-state index >= 15 is 0 Å². The van der Waals surface area contributed by atoms with E-state index in [0.717, 1.165) is 31.6 Å². The fourth-order valence-electron chi connectivity index (χ4n) is 1.64. The van der Waals surface area contributed by atoms with E-state index in [-0.39, 0.29) is 10.2 Å². The standard InChI is InChI=1S/C14H19BrF3NO2/c1-2-7-20-8-3-6-19-10-11-4-5-13(12(15)9-11)21-14(16,17)18/h4-5,9,19H,2-3,6-8,10H2,1H3. The molecule has 21 heavy (non-hydrogen) atoms. The number of benzene rings is 1. The third kappa shape index (κ3) is 8.28. The van der Waals surface area contributed by atoms with Gasteiger partial charge in [0.25, 0.3) is 0 Å². The highest BCUT2D eigenvalue weighted by Gasteiger charge is 2.31. The monoisotopic (exact) mass is 369 g/mol. The maximum Gasteiger partial charge on any atom is 0.573 e. The molecule has 0 amide bonds. The second kappa shape index (κ2) is 9.27. The zero-order chi connectivity index (χ0) is 15.7. The minimum atomic E-state index is -4.68. The van der Waals surface area contributed by atoms with Gasteiger partial charge in [-0.3, -0.25) is 0 Å². The highest BCUT2D eigenvalue weighted by molar-refractivity contribution is 9.10. The summed E-state index contributed by atoms with van der Waals surface area (Å²) >= 11 is 3.08. The molecule has 0 saturated heterocycles. The second-order valence-corrected chi connectivity index (χ2v) is 5.31. The molecule has 0 spiro atoms. The summed E-state index contributed by atoms with van der Waals surface area (Å²) < 4.78 is 45.9. The number of alkyl halides is 3. The van der Waals surface area contributed by atoms with Crippen LogP contribution in [-0.4, -0.2) is 26.1 Å². The van der Waals surface area contributed by atoms with E-state index in [1.165, 1.54) is 6.07 Å². The first kappa shape index (κ1) is 18.3. The van der Waals surface area contributed by atoms with Crippen molar-refractivity contribution in [2.75, 3.05) is 19.8 Å². The molecule has 0 aliphatic carbocycles. The predicted octanol–water partition coefficient (Wildman–Crippen LogP) is 4.25. The normalized spacial score (nSPS) is 11.7. The number of rotatable bonds is 9. The lowest BCUT2D eigenvalue weighted by molar-refractivity contribution is -0.274. The minimum absolute atomic E-state index is 0.237. The van der Waals surface area contributed by atoms with Crippen LogP contribution in [0.1, 0.15) is 25.3 Å². The highest BCUT2D eigenvalue weighted by Crippen LogP contribution is 2.30. The zero-order valence-corrected chi connectivity index (χ0v) is 13.4. The summed E-state index contributed by atoms with van der Waals surface area (Å²) in [5.41, 5.74) is 0.880. The van der Waals surface area contributed by atoms with Crippen molar-refractivity contribution in [1.29, 1.82) is 0 Å². The van der Waals surface area contributed by atoms with Crippen molar-refractivity contribution in [3.05, 3.63) is 28.2 Å². The first-order valence-corrected chi connectivity index (χ1v) is 7.54. The van der Waals surface area contributed by atoms with Gasteiger partial charge in [-0.2, -0.15) is 0 Å². The molecule has 0 atom stereocenters. The van der Waals surface area contributed by atoms with E-state index in [0.29, 0.717) is 13.2 Å². The van der Waals surface area contributed by atoms with Gasteiger partial charge in [0.2, 0.25) is 0 Å². The van der Waals surface area contributed by atoms with Gasteiger partial charge >= 0.3 is 6.36 Å². The van der Waals surface area contributed by atoms with Gasteiger partial charge in [0.1, 0.15) is 5.75 Å². The first-order valence-electron chi connectivity index (χ1n) is 6.75. The predicted molar refractivity (Wildman–Crippen MR) is 78.3 cm³/mol. The lowest BCUT2D eigenvalue weighted by Crippen LogP contribution is -2.18. The summed E-state index contributed by atoms with van der Waals surface area (Å²) in [6.07, 6.45) is -2.77. The smallest absolute Gasteiger partial charge is 0.405 e. The molecular weight excluding hydrogens is 351 g/mol. The molecule has 3 nitrogen and oxygen atoms in total. The fourth-order valence-corrected chi connectivity index (χ4v) is 2.15. The van der Waals surface area contributed by atoms with Crippen LogP contribution in [0.3, 0.4) is 0 Å². The van der Waals surface area contributed by atoms with Crippen LogP contribution < -0.4 is 10.1 Å². The fraction of sp³-hybridized carbons (Fsp3) is 0.571. The van der Waals surface area contributed by atoms with E-state index in [4.69, 9.17) is 4.74 Å². The maximum atomic E-state index is 12.1. The Bertz CT molecular complexity index is 427. The molecule has 0 heterocycles. The van der Waals surface area contributed by atoms with Crippen molar-refractivity contribution < 1.29 is 22.6 Å². The van der Waals surface area contributed by atoms with Crippen LogP contribution in [0.25, 0.3) is 0 Å². The maximum absolute atomic E-state index is 12.1. The average molecular weight is 370 g/mol. The molecule has 0 aliphatic heterocycles. The van der Waals surface area contributed by atoms with Crippen LogP contribution in [0.2, 0.25) is 0 Å². The lowest BCUT2D eigenvalue weighted by atomic mass is 10.2. The number of hydrogen-bond acceptors (Lipinski definition) is 3. The van der Waals surface area contributed by atoms with Crippen molar-refractivity contribution >= 4 is 15.9 Å². The van der Waals surface area contributed by atoms with Crippen molar-refractivity contribution in [3.63, 3.8) is 0 Å². The molecule has 0 bridgehead atoms. The third-order valence-corrected chi connectivity index (χ3v) is 3.16. The van der Waals surface area contributed by atoms with E-state index in [1.807, 2.05) is 0 Å². The van der Waals surface area contributed by atoms with Crippen molar-refractivity contribution in [3.8, 4) is 5.75 Å². The largest absolute Gasteiger partial charge is 0.573 e. The molecule has 7 heteroatoms. The second-order valence-electron chi connectivity index (χ2n) is 4.46. The highest BCUT2D eigenvalue weighted by atomic mass is 79.9. The Morgan fingerprint density at radius 3 is 2.62 bits per heavy atom. The Kier molecular flexibility index (Phi) is 8.06. The lowest BCUT2D eigenvalue weighted by Gasteiger charge is -2.12. The van der Waals surface area contributed by atoms with Crippen molar-refractivity contribution in [2.45, 2.75) is 32.7 Å². The van der Waals surface area contributed by atoms with Crippen LogP contribution in [0, 0.1) is 0 Å². The van der Waals surface area contributed by atoms with Crippen LogP contribution in [0.15, 0.2) is 22.7 Å². The van der Waals surface area contributed by atoms with Gasteiger partial charge in [0.15, 0.2) is 0 Å². The summed E-state index contributed by atoms with van der Waals surface area (Å²) in [7, 11) is 0. The SMILES string of the molecule is CCCOCCCNCc1ccc(OC(F)(F)F)c(Br)c1. The summed E-state index contributed by atoms with van der Waals surface area (Å²) in [6.45, 7) is 4.92. The van der Waals surface area contributed by atoms with E-state index < -0.39 is 6.36 Å². The number of nitrogens with one attached hydrogen (secondary N) is 1. The molecule has 1 aromatic carbocycles. The number of hydrogen-bond donors (Lipinski definition) is 1. The molecule has 0 aromatic heterocycles. The molecular formula is C14H19BrF3NO2. The summed E-state index contributed by atoms with van der Waals surface area (Å²) in [5.74, 6) is -0.237. The van der Waals surface area contributed by atoms with Crippen LogP contribution in [0.5, 0.6) is 5.75 Å². The Balaban J connectivity index is 2.32. The summed E-state index contributed by atoms with van der Waals surface area (Å²) in [6, 6.07) is 4.52. The molecule has 0 aliphatic rings. The van der Waals surface area contributed by atoms with Gasteiger partial charge in [-0.15, -0.1) is 13.2 Å². The molecule has 1 rings (SSSR count). The quantitative estimate of drug-likeness (QED) is 0.660.